The van der Waals surface area contributed by atoms with Crippen LogP contribution in [0.4, 0.5) is 0 Å². The third-order valence-electron chi connectivity index (χ3n) is 2.73. The van der Waals surface area contributed by atoms with E-state index in [-0.39, 0.29) is 0 Å². The molecule has 2 N–H and O–H groups in total. The van der Waals surface area contributed by atoms with Crippen molar-refractivity contribution >= 4 is 11.6 Å². The molecule has 0 aromatic heterocycles. The van der Waals surface area contributed by atoms with Crippen LogP contribution in [-0.2, 0) is 6.42 Å². The fourth-order valence-electron chi connectivity index (χ4n) is 1.68. The molecule has 0 spiro atoms. The highest BCUT2D eigenvalue weighted by Gasteiger charge is 2.05. The Balaban J connectivity index is 2.51. The van der Waals surface area contributed by atoms with Crippen LogP contribution in [0.5, 0.6) is 5.75 Å². The number of methoxy groups -OCH3 is 1. The normalized spacial score (nSPS) is 10.6. The number of benzene rings is 1. The maximum atomic E-state index is 6.11. The van der Waals surface area contributed by atoms with E-state index in [1.54, 1.807) is 7.11 Å². The highest BCUT2D eigenvalue weighted by molar-refractivity contribution is 6.32. The van der Waals surface area contributed by atoms with E-state index in [4.69, 9.17) is 16.3 Å². The molecule has 17 heavy (non-hydrogen) atoms. The largest absolute Gasteiger partial charge is 0.495 e. The van der Waals surface area contributed by atoms with Crippen molar-refractivity contribution in [2.24, 2.45) is 0 Å². The summed E-state index contributed by atoms with van der Waals surface area (Å²) in [5.41, 5.74) is 2.49. The second kappa shape index (κ2) is 7.54. The number of rotatable bonds is 7. The average Bonchev–Trinajstić information content (AvgIpc) is 2.32. The zero-order chi connectivity index (χ0) is 12.7. The highest BCUT2D eigenvalue weighted by Crippen LogP contribution is 2.27. The van der Waals surface area contributed by atoms with Gasteiger partial charge in [-0.2, -0.15) is 0 Å². The molecule has 0 saturated heterocycles. The molecule has 1 rings (SSSR count). The first-order chi connectivity index (χ1) is 8.19. The summed E-state index contributed by atoms with van der Waals surface area (Å²) in [5, 5.41) is 7.16. The number of hydrogen-bond acceptors (Lipinski definition) is 3. The molecule has 1 aromatic rings. The summed E-state index contributed by atoms with van der Waals surface area (Å²) in [5.74, 6) is 0.746. The summed E-state index contributed by atoms with van der Waals surface area (Å²) < 4.78 is 5.18. The second-order valence-electron chi connectivity index (χ2n) is 4.02. The molecule has 1 aromatic carbocycles. The van der Waals surface area contributed by atoms with E-state index in [1.165, 1.54) is 11.1 Å². The number of nitrogens with one attached hydrogen (secondary N) is 2. The summed E-state index contributed by atoms with van der Waals surface area (Å²) in [4.78, 5) is 0. The molecule has 0 fully saturated rings. The van der Waals surface area contributed by atoms with Crippen LogP contribution in [0.15, 0.2) is 12.1 Å². The first-order valence-electron chi connectivity index (χ1n) is 5.87. The molecule has 0 heterocycles. The monoisotopic (exact) mass is 256 g/mol. The number of ether oxygens (including phenoxy) is 1. The van der Waals surface area contributed by atoms with Gasteiger partial charge in [-0.1, -0.05) is 11.6 Å². The Morgan fingerprint density at radius 1 is 1.24 bits per heavy atom. The lowest BCUT2D eigenvalue weighted by atomic mass is 10.1. The highest BCUT2D eigenvalue weighted by atomic mass is 35.5. The third kappa shape index (κ3) is 4.54. The third-order valence-corrected chi connectivity index (χ3v) is 3.03. The number of likely N-dealkylation sites (N-methyl/N-ethyl adjacent to an activating group) is 1. The fourth-order valence-corrected chi connectivity index (χ4v) is 1.95. The standard InChI is InChI=1S/C13H21ClN2O/c1-10-8-13(17-3)12(14)9-11(10)4-5-16-7-6-15-2/h8-9,15-16H,4-7H2,1-3H3. The van der Waals surface area contributed by atoms with Crippen LogP contribution in [0.2, 0.25) is 5.02 Å². The van der Waals surface area contributed by atoms with E-state index < -0.39 is 0 Å². The predicted octanol–water partition coefficient (Wildman–Crippen LogP) is 2.01. The van der Waals surface area contributed by atoms with Gasteiger partial charge in [0.25, 0.3) is 0 Å². The van der Waals surface area contributed by atoms with E-state index in [9.17, 15) is 0 Å². The van der Waals surface area contributed by atoms with Crippen molar-refractivity contribution in [3.05, 3.63) is 28.3 Å². The Hall–Kier alpha value is -0.770. The van der Waals surface area contributed by atoms with E-state index in [0.29, 0.717) is 5.02 Å². The minimum Gasteiger partial charge on any atom is -0.495 e. The van der Waals surface area contributed by atoms with Gasteiger partial charge in [-0.05, 0) is 50.2 Å². The molecule has 0 amide bonds. The smallest absolute Gasteiger partial charge is 0.137 e. The van der Waals surface area contributed by atoms with Crippen LogP contribution >= 0.6 is 11.6 Å². The molecule has 4 heteroatoms. The van der Waals surface area contributed by atoms with Gasteiger partial charge in [0.05, 0.1) is 12.1 Å². The molecule has 0 atom stereocenters. The minimum atomic E-state index is 0.684. The zero-order valence-electron chi connectivity index (χ0n) is 10.8. The van der Waals surface area contributed by atoms with Crippen LogP contribution in [0.25, 0.3) is 0 Å². The van der Waals surface area contributed by atoms with Crippen molar-refractivity contribution in [1.29, 1.82) is 0 Å². The molecule has 0 aliphatic carbocycles. The number of hydrogen-bond donors (Lipinski definition) is 2. The maximum absolute atomic E-state index is 6.11. The quantitative estimate of drug-likeness (QED) is 0.733. The van der Waals surface area contributed by atoms with Crippen molar-refractivity contribution in [3.63, 3.8) is 0 Å². The molecule has 0 unspecified atom stereocenters. The van der Waals surface area contributed by atoms with Crippen molar-refractivity contribution < 1.29 is 4.74 Å². The van der Waals surface area contributed by atoms with Gasteiger partial charge in [0.1, 0.15) is 5.75 Å². The Morgan fingerprint density at radius 2 is 2.00 bits per heavy atom. The first kappa shape index (κ1) is 14.3. The van der Waals surface area contributed by atoms with E-state index in [0.717, 1.165) is 31.8 Å². The molecule has 3 nitrogen and oxygen atoms in total. The zero-order valence-corrected chi connectivity index (χ0v) is 11.5. The Labute approximate surface area is 109 Å². The number of halogens is 1. The molecular weight excluding hydrogens is 236 g/mol. The molecule has 0 saturated carbocycles. The Kier molecular flexibility index (Phi) is 6.34. The van der Waals surface area contributed by atoms with Gasteiger partial charge in [0.2, 0.25) is 0 Å². The lowest BCUT2D eigenvalue weighted by Crippen LogP contribution is -2.26. The van der Waals surface area contributed by atoms with Gasteiger partial charge >= 0.3 is 0 Å². The van der Waals surface area contributed by atoms with E-state index >= 15 is 0 Å². The van der Waals surface area contributed by atoms with Crippen LogP contribution in [0.3, 0.4) is 0 Å². The molecule has 0 bridgehead atoms. The summed E-state index contributed by atoms with van der Waals surface area (Å²) in [7, 11) is 3.59. The summed E-state index contributed by atoms with van der Waals surface area (Å²) in [6.07, 6.45) is 0.985. The van der Waals surface area contributed by atoms with E-state index in [1.807, 2.05) is 19.2 Å². The van der Waals surface area contributed by atoms with Gasteiger partial charge in [0, 0.05) is 13.1 Å². The number of aryl methyl sites for hydroxylation is 1. The molecule has 96 valence electrons. The molecular formula is C13H21ClN2O. The van der Waals surface area contributed by atoms with Gasteiger partial charge in [-0.3, -0.25) is 0 Å². The topological polar surface area (TPSA) is 33.3 Å². The molecule has 0 aliphatic rings. The Morgan fingerprint density at radius 3 is 2.65 bits per heavy atom. The van der Waals surface area contributed by atoms with Gasteiger partial charge in [-0.15, -0.1) is 0 Å². The van der Waals surface area contributed by atoms with Crippen molar-refractivity contribution in [1.82, 2.24) is 10.6 Å². The summed E-state index contributed by atoms with van der Waals surface area (Å²) in [6, 6.07) is 3.99. The van der Waals surface area contributed by atoms with Gasteiger partial charge in [-0.25, -0.2) is 0 Å². The SMILES string of the molecule is CNCCNCCc1cc(Cl)c(OC)cc1C. The van der Waals surface area contributed by atoms with Crippen LogP contribution in [0.1, 0.15) is 11.1 Å². The van der Waals surface area contributed by atoms with E-state index in [2.05, 4.69) is 17.6 Å². The fraction of sp³-hybridized carbons (Fsp3) is 0.538. The molecule has 0 radical (unpaired) electrons. The predicted molar refractivity (Wildman–Crippen MR) is 73.2 cm³/mol. The minimum absolute atomic E-state index is 0.684. The average molecular weight is 257 g/mol. The maximum Gasteiger partial charge on any atom is 0.137 e. The second-order valence-corrected chi connectivity index (χ2v) is 4.42. The van der Waals surface area contributed by atoms with Crippen LogP contribution in [-0.4, -0.2) is 33.8 Å². The van der Waals surface area contributed by atoms with Gasteiger partial charge in [0.15, 0.2) is 0 Å². The van der Waals surface area contributed by atoms with Gasteiger partial charge < -0.3 is 15.4 Å². The van der Waals surface area contributed by atoms with Crippen molar-refractivity contribution in [2.75, 3.05) is 33.8 Å². The lowest BCUT2D eigenvalue weighted by molar-refractivity contribution is 0.414. The van der Waals surface area contributed by atoms with Crippen molar-refractivity contribution in [2.45, 2.75) is 13.3 Å². The van der Waals surface area contributed by atoms with Crippen molar-refractivity contribution in [3.8, 4) is 5.75 Å². The summed E-state index contributed by atoms with van der Waals surface area (Å²) in [6.45, 7) is 5.02. The molecule has 0 aliphatic heterocycles. The lowest BCUT2D eigenvalue weighted by Gasteiger charge is -2.10. The first-order valence-corrected chi connectivity index (χ1v) is 6.25. The Bertz CT molecular complexity index is 356. The van der Waals surface area contributed by atoms with Crippen LogP contribution in [0, 0.1) is 6.92 Å². The van der Waals surface area contributed by atoms with Crippen LogP contribution < -0.4 is 15.4 Å². The summed E-state index contributed by atoms with van der Waals surface area (Å²) >= 11 is 6.11.